The second-order valence-electron chi connectivity index (χ2n) is 4.64. The first kappa shape index (κ1) is 19.2. The molecular formula is C16H26O7. The summed E-state index contributed by atoms with van der Waals surface area (Å²) in [6.07, 6.45) is 1.38. The van der Waals surface area contributed by atoms with Crippen molar-refractivity contribution in [3.63, 3.8) is 0 Å². The molecule has 1 aromatic carbocycles. The first-order valence-electron chi connectivity index (χ1n) is 7.28. The Hall–Kier alpha value is -1.86. The van der Waals surface area contributed by atoms with Crippen LogP contribution in [0.5, 0.6) is 28.7 Å². The van der Waals surface area contributed by atoms with E-state index in [1.807, 2.05) is 0 Å². The third-order valence-electron chi connectivity index (χ3n) is 3.45. The van der Waals surface area contributed by atoms with Gasteiger partial charge in [-0.3, -0.25) is 0 Å². The van der Waals surface area contributed by atoms with Crippen LogP contribution in [0.3, 0.4) is 0 Å². The first-order chi connectivity index (χ1) is 11.1. The van der Waals surface area contributed by atoms with Gasteiger partial charge in [-0.15, -0.1) is 0 Å². The molecule has 1 aromatic rings. The molecule has 0 aromatic heterocycles. The normalized spacial score (nSPS) is 11.8. The highest BCUT2D eigenvalue weighted by atomic mass is 17.2. The number of hydrogen-bond acceptors (Lipinski definition) is 7. The lowest BCUT2D eigenvalue weighted by Crippen LogP contribution is -2.11. The molecule has 0 saturated heterocycles. The topological polar surface area (TPSA) is 64.6 Å². The molecule has 132 valence electrons. The molecule has 0 amide bonds. The van der Waals surface area contributed by atoms with Crippen LogP contribution in [0.2, 0.25) is 0 Å². The van der Waals surface area contributed by atoms with Gasteiger partial charge in [-0.2, -0.15) is 4.89 Å². The predicted molar refractivity (Wildman–Crippen MR) is 84.9 cm³/mol. The summed E-state index contributed by atoms with van der Waals surface area (Å²) in [5, 5.41) is 0. The summed E-state index contributed by atoms with van der Waals surface area (Å²) >= 11 is 0. The number of methoxy groups -OCH3 is 5. The Morgan fingerprint density at radius 1 is 0.696 bits per heavy atom. The predicted octanol–water partition coefficient (Wildman–Crippen LogP) is 3.15. The Kier molecular flexibility index (Phi) is 7.77. The second-order valence-corrected chi connectivity index (χ2v) is 4.64. The van der Waals surface area contributed by atoms with E-state index in [0.29, 0.717) is 34.3 Å². The summed E-state index contributed by atoms with van der Waals surface area (Å²) in [4.78, 5) is 10.2. The van der Waals surface area contributed by atoms with E-state index in [9.17, 15) is 0 Å². The van der Waals surface area contributed by atoms with E-state index in [1.165, 1.54) is 28.4 Å². The van der Waals surface area contributed by atoms with E-state index in [2.05, 4.69) is 6.92 Å². The van der Waals surface area contributed by atoms with Gasteiger partial charge >= 0.3 is 0 Å². The van der Waals surface area contributed by atoms with Gasteiger partial charge in [0.15, 0.2) is 5.75 Å². The Morgan fingerprint density at radius 2 is 1.17 bits per heavy atom. The third kappa shape index (κ3) is 3.73. The molecule has 0 aliphatic rings. The SMILES string of the molecule is CCCC(OC)c1c(OC)c(OC)c(OC)c(OC)c1OOC. The molecule has 0 fully saturated rings. The van der Waals surface area contributed by atoms with Crippen LogP contribution in [0.25, 0.3) is 0 Å². The van der Waals surface area contributed by atoms with E-state index in [-0.39, 0.29) is 6.10 Å². The third-order valence-corrected chi connectivity index (χ3v) is 3.45. The molecule has 0 aliphatic heterocycles. The molecule has 0 aliphatic carbocycles. The fourth-order valence-electron chi connectivity index (χ4n) is 2.52. The van der Waals surface area contributed by atoms with E-state index in [0.717, 1.165) is 12.8 Å². The van der Waals surface area contributed by atoms with Gasteiger partial charge in [-0.25, -0.2) is 0 Å². The Labute approximate surface area is 137 Å². The zero-order valence-corrected chi connectivity index (χ0v) is 14.8. The van der Waals surface area contributed by atoms with Crippen molar-refractivity contribution < 1.29 is 33.5 Å². The molecule has 1 rings (SSSR count). The molecule has 1 unspecified atom stereocenters. The maximum atomic E-state index is 5.61. The van der Waals surface area contributed by atoms with E-state index in [4.69, 9.17) is 33.5 Å². The lowest BCUT2D eigenvalue weighted by atomic mass is 10.0. The van der Waals surface area contributed by atoms with E-state index < -0.39 is 0 Å². The highest BCUT2D eigenvalue weighted by molar-refractivity contribution is 5.70. The summed E-state index contributed by atoms with van der Waals surface area (Å²) in [5.74, 6) is 1.90. The minimum absolute atomic E-state index is 0.284. The van der Waals surface area contributed by atoms with Crippen molar-refractivity contribution in [3.8, 4) is 28.7 Å². The van der Waals surface area contributed by atoms with Crippen LogP contribution >= 0.6 is 0 Å². The number of benzene rings is 1. The van der Waals surface area contributed by atoms with Gasteiger partial charge in [0.25, 0.3) is 0 Å². The summed E-state index contributed by atoms with van der Waals surface area (Å²) < 4.78 is 27.5. The molecule has 0 heterocycles. The summed E-state index contributed by atoms with van der Waals surface area (Å²) in [6, 6.07) is 0. The molecule has 23 heavy (non-hydrogen) atoms. The van der Waals surface area contributed by atoms with Gasteiger partial charge in [0, 0.05) is 7.11 Å². The minimum atomic E-state index is -0.284. The molecule has 1 atom stereocenters. The lowest BCUT2D eigenvalue weighted by molar-refractivity contribution is -0.181. The molecule has 0 radical (unpaired) electrons. The average Bonchev–Trinajstić information content (AvgIpc) is 2.58. The zero-order chi connectivity index (χ0) is 17.4. The van der Waals surface area contributed by atoms with Gasteiger partial charge in [0.05, 0.1) is 47.2 Å². The summed E-state index contributed by atoms with van der Waals surface area (Å²) in [6.45, 7) is 2.06. The highest BCUT2D eigenvalue weighted by Crippen LogP contribution is 2.56. The number of hydrogen-bond donors (Lipinski definition) is 0. The van der Waals surface area contributed by atoms with Gasteiger partial charge in [0.2, 0.25) is 23.0 Å². The van der Waals surface area contributed by atoms with Crippen molar-refractivity contribution in [1.82, 2.24) is 0 Å². The van der Waals surface area contributed by atoms with Crippen LogP contribution in [0.1, 0.15) is 31.4 Å². The minimum Gasteiger partial charge on any atom is -0.492 e. The average molecular weight is 330 g/mol. The van der Waals surface area contributed by atoms with Crippen LogP contribution in [-0.4, -0.2) is 42.7 Å². The largest absolute Gasteiger partial charge is 0.492 e. The van der Waals surface area contributed by atoms with Gasteiger partial charge < -0.3 is 28.6 Å². The maximum Gasteiger partial charge on any atom is 0.220 e. The molecule has 7 heteroatoms. The van der Waals surface area contributed by atoms with Gasteiger partial charge in [-0.1, -0.05) is 13.3 Å². The second kappa shape index (κ2) is 9.32. The molecule has 0 bridgehead atoms. The standard InChI is InChI=1S/C16H26O7/c1-8-9-10(17-2)11-12(18-3)14(19-4)16(21-6)15(20-5)13(11)23-22-7/h10H,8-9H2,1-7H3. The summed E-state index contributed by atoms with van der Waals surface area (Å²) in [7, 11) is 9.13. The molecule has 0 spiro atoms. The quantitative estimate of drug-likeness (QED) is 0.482. The zero-order valence-electron chi connectivity index (χ0n) is 14.8. The molecular weight excluding hydrogens is 304 g/mol. The Morgan fingerprint density at radius 3 is 1.57 bits per heavy atom. The van der Waals surface area contributed by atoms with Crippen molar-refractivity contribution >= 4 is 0 Å². The maximum absolute atomic E-state index is 5.61. The molecule has 7 nitrogen and oxygen atoms in total. The molecule has 0 saturated carbocycles. The Bertz CT molecular complexity index is 502. The van der Waals surface area contributed by atoms with Gasteiger partial charge in [-0.05, 0) is 6.42 Å². The van der Waals surface area contributed by atoms with Crippen molar-refractivity contribution in [1.29, 1.82) is 0 Å². The van der Waals surface area contributed by atoms with Crippen LogP contribution in [0, 0.1) is 0 Å². The van der Waals surface area contributed by atoms with Gasteiger partial charge in [0.1, 0.15) is 0 Å². The van der Waals surface area contributed by atoms with E-state index in [1.54, 1.807) is 14.2 Å². The lowest BCUT2D eigenvalue weighted by Gasteiger charge is -2.25. The van der Waals surface area contributed by atoms with Crippen molar-refractivity contribution in [2.45, 2.75) is 25.9 Å². The fraction of sp³-hybridized carbons (Fsp3) is 0.625. The monoisotopic (exact) mass is 330 g/mol. The van der Waals surface area contributed by atoms with Crippen molar-refractivity contribution in [3.05, 3.63) is 5.56 Å². The molecule has 0 N–H and O–H groups in total. The van der Waals surface area contributed by atoms with E-state index >= 15 is 0 Å². The highest BCUT2D eigenvalue weighted by Gasteiger charge is 2.33. The van der Waals surface area contributed by atoms with Crippen LogP contribution in [0.4, 0.5) is 0 Å². The van der Waals surface area contributed by atoms with Crippen LogP contribution in [0.15, 0.2) is 0 Å². The summed E-state index contributed by atoms with van der Waals surface area (Å²) in [5.41, 5.74) is 0.646. The number of ether oxygens (including phenoxy) is 5. The Balaban J connectivity index is 3.79. The van der Waals surface area contributed by atoms with Crippen LogP contribution in [-0.2, 0) is 9.62 Å². The first-order valence-corrected chi connectivity index (χ1v) is 7.28. The van der Waals surface area contributed by atoms with Crippen LogP contribution < -0.4 is 23.8 Å². The van der Waals surface area contributed by atoms with Crippen molar-refractivity contribution in [2.75, 3.05) is 42.7 Å². The number of rotatable bonds is 10. The van der Waals surface area contributed by atoms with Crippen molar-refractivity contribution in [2.24, 2.45) is 0 Å². The fourth-order valence-corrected chi connectivity index (χ4v) is 2.52. The smallest absolute Gasteiger partial charge is 0.220 e.